The Morgan fingerprint density at radius 2 is 1.61 bits per heavy atom. The van der Waals surface area contributed by atoms with Crippen molar-refractivity contribution in [2.45, 2.75) is 29.1 Å². The summed E-state index contributed by atoms with van der Waals surface area (Å²) in [4.78, 5) is 1.33. The van der Waals surface area contributed by atoms with Crippen LogP contribution in [0.2, 0.25) is 0 Å². The molecule has 0 aliphatic carbocycles. The lowest BCUT2D eigenvalue weighted by molar-refractivity contribution is 0.0202. The van der Waals surface area contributed by atoms with E-state index in [2.05, 4.69) is 72.8 Å². The molecule has 1 aliphatic rings. The minimum Gasteiger partial charge on any atom is -0.372 e. The molecule has 0 N–H and O–H groups in total. The highest BCUT2D eigenvalue weighted by molar-refractivity contribution is 8.00. The van der Waals surface area contributed by atoms with Crippen LogP contribution < -0.4 is 0 Å². The van der Waals surface area contributed by atoms with Crippen LogP contribution in [0.15, 0.2) is 77.7 Å². The fraction of sp³-hybridized carbons (Fsp3) is 0.238. The summed E-state index contributed by atoms with van der Waals surface area (Å²) in [5.41, 5.74) is 1.30. The molecular weight excluding hydrogens is 300 g/mol. The van der Waals surface area contributed by atoms with Crippen LogP contribution >= 0.6 is 11.8 Å². The van der Waals surface area contributed by atoms with Crippen molar-refractivity contribution in [3.8, 4) is 0 Å². The van der Waals surface area contributed by atoms with Crippen molar-refractivity contribution >= 4 is 22.5 Å². The van der Waals surface area contributed by atoms with Gasteiger partial charge in [0.25, 0.3) is 0 Å². The molecule has 0 amide bonds. The van der Waals surface area contributed by atoms with E-state index in [0.717, 1.165) is 13.0 Å². The van der Waals surface area contributed by atoms with E-state index in [4.69, 9.17) is 4.74 Å². The minimum absolute atomic E-state index is 0.196. The third-order valence-electron chi connectivity index (χ3n) is 4.40. The fourth-order valence-electron chi connectivity index (χ4n) is 3.24. The van der Waals surface area contributed by atoms with Crippen LogP contribution in [-0.4, -0.2) is 11.9 Å². The second kappa shape index (κ2) is 6.77. The van der Waals surface area contributed by atoms with Gasteiger partial charge in [-0.05, 0) is 41.3 Å². The van der Waals surface area contributed by atoms with Crippen LogP contribution in [0, 0.1) is 0 Å². The molecule has 116 valence electrons. The summed E-state index contributed by atoms with van der Waals surface area (Å²) in [6.07, 6.45) is 2.55. The maximum atomic E-state index is 6.12. The molecule has 1 fully saturated rings. The van der Waals surface area contributed by atoms with Crippen LogP contribution in [0.3, 0.4) is 0 Å². The highest BCUT2D eigenvalue weighted by Gasteiger charge is 2.28. The Morgan fingerprint density at radius 1 is 0.826 bits per heavy atom. The number of rotatable bonds is 3. The highest BCUT2D eigenvalue weighted by atomic mass is 32.2. The lowest BCUT2D eigenvalue weighted by Crippen LogP contribution is -2.24. The van der Waals surface area contributed by atoms with Gasteiger partial charge >= 0.3 is 0 Å². The van der Waals surface area contributed by atoms with E-state index >= 15 is 0 Å². The molecular formula is C21H20OS. The second-order valence-electron chi connectivity index (χ2n) is 6.01. The maximum absolute atomic E-state index is 6.12. The largest absolute Gasteiger partial charge is 0.372 e. The monoisotopic (exact) mass is 320 g/mol. The zero-order valence-electron chi connectivity index (χ0n) is 13.0. The van der Waals surface area contributed by atoms with E-state index < -0.39 is 0 Å². The quantitative estimate of drug-likeness (QED) is 0.598. The first-order valence-electron chi connectivity index (χ1n) is 8.22. The highest BCUT2D eigenvalue weighted by Crippen LogP contribution is 2.40. The molecule has 2 atom stereocenters. The molecule has 1 heterocycles. The van der Waals surface area contributed by atoms with Crippen molar-refractivity contribution in [1.82, 2.24) is 0 Å². The van der Waals surface area contributed by atoms with Crippen molar-refractivity contribution in [2.24, 2.45) is 0 Å². The molecule has 0 bridgehead atoms. The third-order valence-corrected chi connectivity index (χ3v) is 5.72. The first kappa shape index (κ1) is 14.8. The van der Waals surface area contributed by atoms with Gasteiger partial charge in [-0.15, -0.1) is 11.8 Å². The fourth-order valence-corrected chi connectivity index (χ4v) is 4.58. The lowest BCUT2D eigenvalue weighted by Gasteiger charge is -2.31. The second-order valence-corrected chi connectivity index (χ2v) is 7.32. The Balaban J connectivity index is 1.59. The van der Waals surface area contributed by atoms with E-state index in [-0.39, 0.29) is 6.10 Å². The molecule has 2 heteroatoms. The van der Waals surface area contributed by atoms with Crippen molar-refractivity contribution in [3.63, 3.8) is 0 Å². The Morgan fingerprint density at radius 3 is 2.48 bits per heavy atom. The molecule has 0 spiro atoms. The molecule has 3 aromatic carbocycles. The Bertz CT molecular complexity index is 784. The van der Waals surface area contributed by atoms with Crippen LogP contribution in [0.4, 0.5) is 0 Å². The summed E-state index contributed by atoms with van der Waals surface area (Å²) < 4.78 is 6.12. The molecule has 3 aromatic rings. The van der Waals surface area contributed by atoms with E-state index in [1.807, 2.05) is 11.8 Å². The summed E-state index contributed by atoms with van der Waals surface area (Å²) in [5.74, 6) is 0. The predicted octanol–water partition coefficient (Wildman–Crippen LogP) is 5.85. The van der Waals surface area contributed by atoms with Gasteiger partial charge in [0.2, 0.25) is 0 Å². The molecule has 23 heavy (non-hydrogen) atoms. The number of hydrogen-bond donors (Lipinski definition) is 0. The number of ether oxygens (including phenoxy) is 1. The SMILES string of the molecule is c1ccc([C@H]2OCCC[C@@H]2Sc2ccc3ccccc3c2)cc1. The van der Waals surface area contributed by atoms with Gasteiger partial charge in [-0.3, -0.25) is 0 Å². The Labute approximate surface area is 141 Å². The molecule has 0 radical (unpaired) electrons. The van der Waals surface area contributed by atoms with Crippen molar-refractivity contribution < 1.29 is 4.74 Å². The Kier molecular flexibility index (Phi) is 4.36. The van der Waals surface area contributed by atoms with Crippen molar-refractivity contribution in [2.75, 3.05) is 6.61 Å². The lowest BCUT2D eigenvalue weighted by atomic mass is 10.0. The summed E-state index contributed by atoms with van der Waals surface area (Å²) in [6.45, 7) is 0.869. The zero-order chi connectivity index (χ0) is 15.5. The van der Waals surface area contributed by atoms with Gasteiger partial charge in [0.05, 0.1) is 6.10 Å². The third kappa shape index (κ3) is 3.29. The topological polar surface area (TPSA) is 9.23 Å². The van der Waals surface area contributed by atoms with Gasteiger partial charge in [0.15, 0.2) is 0 Å². The molecule has 0 unspecified atom stereocenters. The normalized spacial score (nSPS) is 21.4. The predicted molar refractivity (Wildman–Crippen MR) is 98.0 cm³/mol. The number of thioether (sulfide) groups is 1. The molecule has 0 aromatic heterocycles. The van der Waals surface area contributed by atoms with E-state index in [0.29, 0.717) is 5.25 Å². The minimum atomic E-state index is 0.196. The smallest absolute Gasteiger partial charge is 0.0946 e. The van der Waals surface area contributed by atoms with E-state index in [1.54, 1.807) is 0 Å². The molecule has 1 saturated heterocycles. The van der Waals surface area contributed by atoms with Crippen LogP contribution in [0.25, 0.3) is 10.8 Å². The van der Waals surface area contributed by atoms with Crippen molar-refractivity contribution in [3.05, 3.63) is 78.4 Å². The number of hydrogen-bond acceptors (Lipinski definition) is 2. The zero-order valence-corrected chi connectivity index (χ0v) is 13.8. The van der Waals surface area contributed by atoms with Gasteiger partial charge in [-0.2, -0.15) is 0 Å². The first-order chi connectivity index (χ1) is 11.4. The average Bonchev–Trinajstić information content (AvgIpc) is 2.63. The number of benzene rings is 3. The van der Waals surface area contributed by atoms with E-state index in [9.17, 15) is 0 Å². The van der Waals surface area contributed by atoms with Crippen molar-refractivity contribution in [1.29, 1.82) is 0 Å². The van der Waals surface area contributed by atoms with Gasteiger partial charge in [-0.25, -0.2) is 0 Å². The molecule has 4 rings (SSSR count). The summed E-state index contributed by atoms with van der Waals surface area (Å²) in [7, 11) is 0. The maximum Gasteiger partial charge on any atom is 0.0946 e. The van der Waals surface area contributed by atoms with Gasteiger partial charge in [-0.1, -0.05) is 60.7 Å². The van der Waals surface area contributed by atoms with Gasteiger partial charge in [0.1, 0.15) is 0 Å². The molecule has 0 saturated carbocycles. The molecule has 1 aliphatic heterocycles. The summed E-state index contributed by atoms with van der Waals surface area (Å²) in [5, 5.41) is 3.09. The average molecular weight is 320 g/mol. The van der Waals surface area contributed by atoms with E-state index in [1.165, 1.54) is 27.7 Å². The number of fused-ring (bicyclic) bond motifs is 1. The van der Waals surface area contributed by atoms with Gasteiger partial charge < -0.3 is 4.74 Å². The Hall–Kier alpha value is -1.77. The first-order valence-corrected chi connectivity index (χ1v) is 9.10. The summed E-state index contributed by atoms with van der Waals surface area (Å²) >= 11 is 1.96. The van der Waals surface area contributed by atoms with Crippen LogP contribution in [-0.2, 0) is 4.74 Å². The summed E-state index contributed by atoms with van der Waals surface area (Å²) in [6, 6.07) is 26.0. The van der Waals surface area contributed by atoms with Gasteiger partial charge in [0, 0.05) is 16.8 Å². The van der Waals surface area contributed by atoms with Crippen LogP contribution in [0.1, 0.15) is 24.5 Å². The standard InChI is InChI=1S/C21H20OS/c1-2-8-17(9-3-1)21-20(11-6-14-22-21)23-19-13-12-16-7-4-5-10-18(16)15-19/h1-5,7-10,12-13,15,20-21H,6,11,14H2/t20-,21+/m0/s1. The molecule has 1 nitrogen and oxygen atoms in total. The van der Waals surface area contributed by atoms with Crippen LogP contribution in [0.5, 0.6) is 0 Å².